The molecule has 2 rings (SSSR count). The minimum Gasteiger partial charge on any atom is -0.281 e. The maximum absolute atomic E-state index is 11.9. The first-order chi connectivity index (χ1) is 8.03. The predicted octanol–water partition coefficient (Wildman–Crippen LogP) is 0.933. The largest absolute Gasteiger partial charge is 0.281 e. The molecule has 9 heteroatoms. The number of anilines is 1. The number of aromatic nitrogens is 4. The lowest BCUT2D eigenvalue weighted by atomic mass is 10.5. The van der Waals surface area contributed by atoms with Crippen LogP contribution in [0.15, 0.2) is 11.1 Å². The van der Waals surface area contributed by atoms with Crippen molar-refractivity contribution in [3.05, 3.63) is 16.9 Å². The molecule has 0 saturated carbocycles. The van der Waals surface area contributed by atoms with Crippen molar-refractivity contribution in [3.8, 4) is 0 Å². The van der Waals surface area contributed by atoms with Crippen molar-refractivity contribution in [3.63, 3.8) is 0 Å². The summed E-state index contributed by atoms with van der Waals surface area (Å²) in [4.78, 5) is 0.116. The summed E-state index contributed by atoms with van der Waals surface area (Å²) in [7, 11) is -3.63. The van der Waals surface area contributed by atoms with E-state index in [2.05, 4.69) is 25.1 Å². The van der Waals surface area contributed by atoms with E-state index in [4.69, 9.17) is 0 Å². The van der Waals surface area contributed by atoms with E-state index < -0.39 is 10.0 Å². The molecule has 0 bridgehead atoms. The first kappa shape index (κ1) is 12.0. The van der Waals surface area contributed by atoms with E-state index >= 15 is 0 Å². The van der Waals surface area contributed by atoms with E-state index in [1.165, 1.54) is 17.5 Å². The van der Waals surface area contributed by atoms with E-state index in [-0.39, 0.29) is 10.0 Å². The summed E-state index contributed by atoms with van der Waals surface area (Å²) >= 11 is 1.22. The van der Waals surface area contributed by atoms with Gasteiger partial charge < -0.3 is 0 Å². The molecule has 17 heavy (non-hydrogen) atoms. The van der Waals surface area contributed by atoms with Crippen molar-refractivity contribution in [1.29, 1.82) is 0 Å². The van der Waals surface area contributed by atoms with Gasteiger partial charge in [0.25, 0.3) is 10.0 Å². The zero-order valence-corrected chi connectivity index (χ0v) is 10.9. The lowest BCUT2D eigenvalue weighted by Gasteiger charge is -2.02. The molecule has 0 unspecified atom stereocenters. The van der Waals surface area contributed by atoms with Crippen molar-refractivity contribution >= 4 is 26.5 Å². The fourth-order valence-corrected chi connectivity index (χ4v) is 3.27. The average molecular weight is 273 g/mol. The summed E-state index contributed by atoms with van der Waals surface area (Å²) in [6, 6.07) is 0. The summed E-state index contributed by atoms with van der Waals surface area (Å²) < 4.78 is 26.3. The number of aryl methyl sites for hydroxylation is 2. The number of sulfonamides is 1. The number of nitrogens with one attached hydrogen (secondary N) is 2. The maximum Gasteiger partial charge on any atom is 0.267 e. The van der Waals surface area contributed by atoms with Gasteiger partial charge in [-0.3, -0.25) is 9.82 Å². The van der Waals surface area contributed by atoms with Crippen LogP contribution in [0.4, 0.5) is 5.13 Å². The van der Waals surface area contributed by atoms with Crippen molar-refractivity contribution in [2.24, 2.45) is 0 Å². The van der Waals surface area contributed by atoms with E-state index in [1.54, 1.807) is 6.92 Å². The van der Waals surface area contributed by atoms with E-state index in [0.29, 0.717) is 5.69 Å². The standard InChI is InChI=1S/C8H11N5O2S2/c1-3-7-11-12-8(16-7)13-17(14,15)6-4-9-10-5(6)2/h4H,3H2,1-2H3,(H,9,10)(H,12,13). The molecular weight excluding hydrogens is 262 g/mol. The minimum absolute atomic E-state index is 0.116. The van der Waals surface area contributed by atoms with Gasteiger partial charge in [-0.2, -0.15) is 5.10 Å². The summed E-state index contributed by atoms with van der Waals surface area (Å²) in [6.45, 7) is 3.57. The van der Waals surface area contributed by atoms with Crippen molar-refractivity contribution in [1.82, 2.24) is 20.4 Å². The van der Waals surface area contributed by atoms with Gasteiger partial charge in [0, 0.05) is 0 Å². The quantitative estimate of drug-likeness (QED) is 0.863. The minimum atomic E-state index is -3.63. The van der Waals surface area contributed by atoms with Crippen molar-refractivity contribution < 1.29 is 8.42 Å². The lowest BCUT2D eigenvalue weighted by Crippen LogP contribution is -2.13. The van der Waals surface area contributed by atoms with Crippen LogP contribution in [0.3, 0.4) is 0 Å². The smallest absolute Gasteiger partial charge is 0.267 e. The van der Waals surface area contributed by atoms with Crippen LogP contribution in [-0.4, -0.2) is 28.8 Å². The van der Waals surface area contributed by atoms with Crippen LogP contribution < -0.4 is 4.72 Å². The van der Waals surface area contributed by atoms with Crippen LogP contribution in [0.2, 0.25) is 0 Å². The van der Waals surface area contributed by atoms with Crippen molar-refractivity contribution in [2.75, 3.05) is 4.72 Å². The molecule has 0 aliphatic carbocycles. The average Bonchev–Trinajstić information content (AvgIpc) is 2.86. The third-order valence-electron chi connectivity index (χ3n) is 2.06. The number of hydrogen-bond donors (Lipinski definition) is 2. The Morgan fingerprint density at radius 3 is 2.76 bits per heavy atom. The maximum atomic E-state index is 11.9. The van der Waals surface area contributed by atoms with Gasteiger partial charge in [0.2, 0.25) is 5.13 Å². The molecule has 0 radical (unpaired) electrons. The molecule has 0 amide bonds. The van der Waals surface area contributed by atoms with Gasteiger partial charge in [-0.05, 0) is 13.3 Å². The second-order valence-electron chi connectivity index (χ2n) is 3.32. The first-order valence-corrected chi connectivity index (χ1v) is 7.18. The van der Waals surface area contributed by atoms with Crippen LogP contribution >= 0.6 is 11.3 Å². The number of hydrogen-bond acceptors (Lipinski definition) is 6. The molecule has 7 nitrogen and oxygen atoms in total. The van der Waals surface area contributed by atoms with Crippen LogP contribution in [0.5, 0.6) is 0 Å². The summed E-state index contributed by atoms with van der Waals surface area (Å²) in [5.41, 5.74) is 0.484. The predicted molar refractivity (Wildman–Crippen MR) is 63.4 cm³/mol. The fraction of sp³-hybridized carbons (Fsp3) is 0.375. The SMILES string of the molecule is CCc1nnc(NS(=O)(=O)c2cn[nH]c2C)s1. The monoisotopic (exact) mass is 273 g/mol. The number of H-pyrrole nitrogens is 1. The normalized spacial score (nSPS) is 11.6. The van der Waals surface area contributed by atoms with Crippen LogP contribution in [0.25, 0.3) is 0 Å². The van der Waals surface area contributed by atoms with E-state index in [1.807, 2.05) is 6.92 Å². The second kappa shape index (κ2) is 4.41. The Morgan fingerprint density at radius 2 is 2.24 bits per heavy atom. The second-order valence-corrected chi connectivity index (χ2v) is 6.03. The molecular formula is C8H11N5O2S2. The Balaban J connectivity index is 2.26. The lowest BCUT2D eigenvalue weighted by molar-refractivity contribution is 0.600. The Kier molecular flexibility index (Phi) is 3.11. The van der Waals surface area contributed by atoms with Gasteiger partial charge in [0.1, 0.15) is 9.90 Å². The molecule has 2 aromatic heterocycles. The Labute approximate surface area is 102 Å². The zero-order chi connectivity index (χ0) is 12.5. The van der Waals surface area contributed by atoms with Crippen LogP contribution in [-0.2, 0) is 16.4 Å². The highest BCUT2D eigenvalue weighted by Crippen LogP contribution is 2.20. The molecule has 2 heterocycles. The Morgan fingerprint density at radius 1 is 1.47 bits per heavy atom. The van der Waals surface area contributed by atoms with Crippen molar-refractivity contribution in [2.45, 2.75) is 25.2 Å². The number of rotatable bonds is 4. The van der Waals surface area contributed by atoms with Gasteiger partial charge in [0.15, 0.2) is 0 Å². The molecule has 0 saturated heterocycles. The summed E-state index contributed by atoms with van der Waals surface area (Å²) in [5, 5.41) is 14.9. The molecule has 92 valence electrons. The Hall–Kier alpha value is -1.48. The third kappa shape index (κ3) is 2.44. The molecule has 0 spiro atoms. The molecule has 0 aromatic carbocycles. The van der Waals surface area contributed by atoms with E-state index in [9.17, 15) is 8.42 Å². The molecule has 0 aliphatic rings. The Bertz CT molecular complexity index is 615. The third-order valence-corrected chi connectivity index (χ3v) is 4.63. The van der Waals surface area contributed by atoms with Crippen LogP contribution in [0, 0.1) is 6.92 Å². The highest BCUT2D eigenvalue weighted by atomic mass is 32.2. The van der Waals surface area contributed by atoms with Gasteiger partial charge in [-0.25, -0.2) is 8.42 Å². The highest BCUT2D eigenvalue weighted by molar-refractivity contribution is 7.93. The molecule has 2 aromatic rings. The topological polar surface area (TPSA) is 101 Å². The number of nitrogens with zero attached hydrogens (tertiary/aromatic N) is 3. The highest BCUT2D eigenvalue weighted by Gasteiger charge is 2.20. The molecule has 0 fully saturated rings. The molecule has 0 atom stereocenters. The fourth-order valence-electron chi connectivity index (χ4n) is 1.22. The van der Waals surface area contributed by atoms with Gasteiger partial charge in [0.05, 0.1) is 11.9 Å². The van der Waals surface area contributed by atoms with Gasteiger partial charge >= 0.3 is 0 Å². The van der Waals surface area contributed by atoms with Gasteiger partial charge in [-0.1, -0.05) is 18.3 Å². The molecule has 2 N–H and O–H groups in total. The summed E-state index contributed by atoms with van der Waals surface area (Å²) in [6.07, 6.45) is 1.99. The van der Waals surface area contributed by atoms with Crippen LogP contribution in [0.1, 0.15) is 17.6 Å². The van der Waals surface area contributed by atoms with E-state index in [0.717, 1.165) is 11.4 Å². The molecule has 0 aliphatic heterocycles. The first-order valence-electron chi connectivity index (χ1n) is 4.88. The zero-order valence-electron chi connectivity index (χ0n) is 9.26. The summed E-state index contributed by atoms with van der Waals surface area (Å²) in [5.74, 6) is 0. The number of aromatic amines is 1. The van der Waals surface area contributed by atoms with Gasteiger partial charge in [-0.15, -0.1) is 10.2 Å².